The van der Waals surface area contributed by atoms with E-state index in [4.69, 9.17) is 0 Å². The maximum absolute atomic E-state index is 12.7. The molecule has 1 aromatic rings. The van der Waals surface area contributed by atoms with E-state index >= 15 is 0 Å². The van der Waals surface area contributed by atoms with Crippen LogP contribution in [0.4, 0.5) is 0 Å². The smallest absolute Gasteiger partial charge is 0.253 e. The lowest BCUT2D eigenvalue weighted by Crippen LogP contribution is -2.38. The summed E-state index contributed by atoms with van der Waals surface area (Å²) in [5, 5.41) is 0. The van der Waals surface area contributed by atoms with Crippen molar-refractivity contribution in [2.75, 3.05) is 26.2 Å². The molecule has 2 amide bonds. The van der Waals surface area contributed by atoms with Crippen molar-refractivity contribution in [1.29, 1.82) is 0 Å². The molecule has 2 rings (SSSR count). The molecule has 1 heterocycles. The van der Waals surface area contributed by atoms with E-state index in [0.29, 0.717) is 25.6 Å². The lowest BCUT2D eigenvalue weighted by molar-refractivity contribution is -0.134. The molecule has 24 heavy (non-hydrogen) atoms. The highest BCUT2D eigenvalue weighted by Crippen LogP contribution is 2.14. The Labute approximate surface area is 145 Å². The summed E-state index contributed by atoms with van der Waals surface area (Å²) < 4.78 is 0. The van der Waals surface area contributed by atoms with Gasteiger partial charge in [-0.05, 0) is 36.5 Å². The van der Waals surface area contributed by atoms with Gasteiger partial charge in [-0.1, -0.05) is 39.8 Å². The Kier molecular flexibility index (Phi) is 6.41. The SMILES string of the molecule is CC(C)Cc1ccc(C(=O)N2CCCN(C(=O)C(C)C)CC2)cc1. The van der Waals surface area contributed by atoms with Crippen molar-refractivity contribution in [3.8, 4) is 0 Å². The number of carbonyl (C=O) groups excluding carboxylic acids is 2. The molecule has 0 N–H and O–H groups in total. The number of carbonyl (C=O) groups is 2. The fraction of sp³-hybridized carbons (Fsp3) is 0.600. The second kappa shape index (κ2) is 8.32. The molecule has 1 aromatic carbocycles. The van der Waals surface area contributed by atoms with E-state index in [9.17, 15) is 9.59 Å². The highest BCUT2D eigenvalue weighted by molar-refractivity contribution is 5.94. The van der Waals surface area contributed by atoms with Crippen LogP contribution in [-0.2, 0) is 11.2 Å². The summed E-state index contributed by atoms with van der Waals surface area (Å²) in [6, 6.07) is 7.98. The van der Waals surface area contributed by atoms with Crippen LogP contribution in [0.3, 0.4) is 0 Å². The van der Waals surface area contributed by atoms with Crippen LogP contribution in [0.1, 0.15) is 50.0 Å². The molecular formula is C20H30N2O2. The Morgan fingerprint density at radius 3 is 2.08 bits per heavy atom. The minimum absolute atomic E-state index is 0.0146. The molecule has 0 spiro atoms. The predicted molar refractivity (Wildman–Crippen MR) is 96.9 cm³/mol. The van der Waals surface area contributed by atoms with Crippen molar-refractivity contribution >= 4 is 11.8 Å². The van der Waals surface area contributed by atoms with Gasteiger partial charge in [0, 0.05) is 37.7 Å². The van der Waals surface area contributed by atoms with Gasteiger partial charge in [-0.3, -0.25) is 9.59 Å². The van der Waals surface area contributed by atoms with Crippen LogP contribution in [0, 0.1) is 11.8 Å². The largest absolute Gasteiger partial charge is 0.341 e. The number of nitrogens with zero attached hydrogens (tertiary/aromatic N) is 2. The van der Waals surface area contributed by atoms with Gasteiger partial charge in [-0.2, -0.15) is 0 Å². The first-order valence-electron chi connectivity index (χ1n) is 9.05. The van der Waals surface area contributed by atoms with E-state index in [1.807, 2.05) is 35.8 Å². The lowest BCUT2D eigenvalue weighted by Gasteiger charge is -2.23. The summed E-state index contributed by atoms with van der Waals surface area (Å²) in [5.41, 5.74) is 2.01. The summed E-state index contributed by atoms with van der Waals surface area (Å²) in [6.07, 6.45) is 1.88. The molecule has 0 aromatic heterocycles. The van der Waals surface area contributed by atoms with Crippen LogP contribution < -0.4 is 0 Å². The standard InChI is InChI=1S/C20H30N2O2/c1-15(2)14-17-6-8-18(9-7-17)20(24)22-11-5-10-21(12-13-22)19(23)16(3)4/h6-9,15-16H,5,10-14H2,1-4H3. The summed E-state index contributed by atoms with van der Waals surface area (Å²) >= 11 is 0. The molecule has 1 aliphatic rings. The third kappa shape index (κ3) is 4.83. The zero-order valence-electron chi connectivity index (χ0n) is 15.4. The quantitative estimate of drug-likeness (QED) is 0.850. The molecule has 4 nitrogen and oxygen atoms in total. The normalized spacial score (nSPS) is 15.8. The average molecular weight is 330 g/mol. The summed E-state index contributed by atoms with van der Waals surface area (Å²) in [5.74, 6) is 0.884. The van der Waals surface area contributed by atoms with Crippen LogP contribution >= 0.6 is 0 Å². The third-order valence-electron chi connectivity index (χ3n) is 4.43. The second-order valence-electron chi connectivity index (χ2n) is 7.42. The Balaban J connectivity index is 1.98. The van der Waals surface area contributed by atoms with Gasteiger partial charge in [0.05, 0.1) is 0 Å². The van der Waals surface area contributed by atoms with E-state index < -0.39 is 0 Å². The number of rotatable bonds is 4. The number of hydrogen-bond acceptors (Lipinski definition) is 2. The minimum Gasteiger partial charge on any atom is -0.341 e. The Bertz CT molecular complexity index is 564. The first kappa shape index (κ1) is 18.5. The summed E-state index contributed by atoms with van der Waals surface area (Å²) in [4.78, 5) is 28.6. The first-order chi connectivity index (χ1) is 11.4. The molecule has 0 bridgehead atoms. The van der Waals surface area contributed by atoms with E-state index in [1.54, 1.807) is 0 Å². The molecule has 1 saturated heterocycles. The fourth-order valence-electron chi connectivity index (χ4n) is 3.14. The van der Waals surface area contributed by atoms with Crippen LogP contribution in [0.25, 0.3) is 0 Å². The molecule has 1 aliphatic heterocycles. The first-order valence-corrected chi connectivity index (χ1v) is 9.05. The molecular weight excluding hydrogens is 300 g/mol. The maximum Gasteiger partial charge on any atom is 0.253 e. The molecule has 0 unspecified atom stereocenters. The van der Waals surface area contributed by atoms with Crippen LogP contribution in [-0.4, -0.2) is 47.8 Å². The van der Waals surface area contributed by atoms with Gasteiger partial charge in [0.2, 0.25) is 5.91 Å². The fourth-order valence-corrected chi connectivity index (χ4v) is 3.14. The van der Waals surface area contributed by atoms with E-state index in [2.05, 4.69) is 26.0 Å². The predicted octanol–water partition coefficient (Wildman–Crippen LogP) is 3.22. The molecule has 4 heteroatoms. The van der Waals surface area contributed by atoms with E-state index in [-0.39, 0.29) is 17.7 Å². The third-order valence-corrected chi connectivity index (χ3v) is 4.43. The molecule has 0 aliphatic carbocycles. The lowest BCUT2D eigenvalue weighted by atomic mass is 10.0. The molecule has 0 saturated carbocycles. The van der Waals surface area contributed by atoms with Gasteiger partial charge in [-0.25, -0.2) is 0 Å². The van der Waals surface area contributed by atoms with E-state index in [0.717, 1.165) is 24.9 Å². The van der Waals surface area contributed by atoms with E-state index in [1.165, 1.54) is 5.56 Å². The van der Waals surface area contributed by atoms with Gasteiger partial charge < -0.3 is 9.80 Å². The number of benzene rings is 1. The molecule has 1 fully saturated rings. The van der Waals surface area contributed by atoms with Crippen molar-refractivity contribution in [3.63, 3.8) is 0 Å². The zero-order chi connectivity index (χ0) is 17.7. The van der Waals surface area contributed by atoms with Crippen LogP contribution in [0.2, 0.25) is 0 Å². The average Bonchev–Trinajstić information content (AvgIpc) is 2.79. The van der Waals surface area contributed by atoms with Gasteiger partial charge in [0.15, 0.2) is 0 Å². The van der Waals surface area contributed by atoms with Crippen molar-refractivity contribution in [2.24, 2.45) is 11.8 Å². The van der Waals surface area contributed by atoms with Crippen molar-refractivity contribution in [3.05, 3.63) is 35.4 Å². The monoisotopic (exact) mass is 330 g/mol. The highest BCUT2D eigenvalue weighted by atomic mass is 16.2. The highest BCUT2D eigenvalue weighted by Gasteiger charge is 2.23. The van der Waals surface area contributed by atoms with Crippen LogP contribution in [0.5, 0.6) is 0 Å². The molecule has 0 radical (unpaired) electrons. The molecule has 132 valence electrons. The van der Waals surface area contributed by atoms with Crippen molar-refractivity contribution in [2.45, 2.75) is 40.5 Å². The van der Waals surface area contributed by atoms with Crippen molar-refractivity contribution < 1.29 is 9.59 Å². The summed E-state index contributed by atoms with van der Waals surface area (Å²) in [7, 11) is 0. The number of hydrogen-bond donors (Lipinski definition) is 0. The van der Waals surface area contributed by atoms with Gasteiger partial charge >= 0.3 is 0 Å². The topological polar surface area (TPSA) is 40.6 Å². The Morgan fingerprint density at radius 2 is 1.50 bits per heavy atom. The number of amides is 2. The zero-order valence-corrected chi connectivity index (χ0v) is 15.4. The Hall–Kier alpha value is -1.84. The second-order valence-corrected chi connectivity index (χ2v) is 7.42. The van der Waals surface area contributed by atoms with Gasteiger partial charge in [-0.15, -0.1) is 0 Å². The van der Waals surface area contributed by atoms with Gasteiger partial charge in [0.25, 0.3) is 5.91 Å². The Morgan fingerprint density at radius 1 is 0.917 bits per heavy atom. The summed E-state index contributed by atoms with van der Waals surface area (Å²) in [6.45, 7) is 11.0. The van der Waals surface area contributed by atoms with Crippen LogP contribution in [0.15, 0.2) is 24.3 Å². The maximum atomic E-state index is 12.7. The molecule has 0 atom stereocenters. The van der Waals surface area contributed by atoms with Crippen molar-refractivity contribution in [1.82, 2.24) is 9.80 Å². The minimum atomic E-state index is 0.0146. The van der Waals surface area contributed by atoms with Gasteiger partial charge in [0.1, 0.15) is 0 Å².